The van der Waals surface area contributed by atoms with Crippen molar-refractivity contribution >= 4 is 18.0 Å². The zero-order chi connectivity index (χ0) is 14.1. The lowest BCUT2D eigenvalue weighted by Gasteiger charge is -2.06. The molecule has 0 amide bonds. The van der Waals surface area contributed by atoms with Crippen molar-refractivity contribution in [3.05, 3.63) is 35.7 Å². The highest BCUT2D eigenvalue weighted by Gasteiger charge is 2.16. The van der Waals surface area contributed by atoms with Crippen LogP contribution in [-0.2, 0) is 19.1 Å². The minimum Gasteiger partial charge on any atom is -0.466 e. The maximum absolute atomic E-state index is 11.8. The van der Waals surface area contributed by atoms with Crippen LogP contribution in [0.15, 0.2) is 30.0 Å². The van der Waals surface area contributed by atoms with Gasteiger partial charge in [0.1, 0.15) is 0 Å². The molecule has 0 saturated carbocycles. The third-order valence-corrected chi connectivity index (χ3v) is 2.19. The molecule has 0 spiro atoms. The van der Waals surface area contributed by atoms with Crippen LogP contribution in [0.3, 0.4) is 0 Å². The second-order valence-corrected chi connectivity index (χ2v) is 3.63. The SMILES string of the molecule is CCOC(=O)CC(=Cc1ccccn1)C(=O)OCC. The van der Waals surface area contributed by atoms with Gasteiger partial charge < -0.3 is 9.47 Å². The van der Waals surface area contributed by atoms with Gasteiger partial charge in [-0.25, -0.2) is 4.79 Å². The molecule has 1 rings (SSSR count). The molecule has 0 aliphatic rings. The van der Waals surface area contributed by atoms with Crippen molar-refractivity contribution in [2.75, 3.05) is 13.2 Å². The molecule has 0 bridgehead atoms. The standard InChI is InChI=1S/C14H17NO4/c1-3-18-13(16)10-11(14(17)19-4-2)9-12-7-5-6-8-15-12/h5-9H,3-4,10H2,1-2H3. The number of carbonyl (C=O) groups excluding carboxylic acids is 2. The average molecular weight is 263 g/mol. The van der Waals surface area contributed by atoms with Gasteiger partial charge in [-0.15, -0.1) is 0 Å². The van der Waals surface area contributed by atoms with E-state index in [1.807, 2.05) is 0 Å². The van der Waals surface area contributed by atoms with Gasteiger partial charge in [0.2, 0.25) is 0 Å². The van der Waals surface area contributed by atoms with Crippen LogP contribution in [0.4, 0.5) is 0 Å². The van der Waals surface area contributed by atoms with Gasteiger partial charge in [-0.1, -0.05) is 6.07 Å². The largest absolute Gasteiger partial charge is 0.466 e. The lowest BCUT2D eigenvalue weighted by molar-refractivity contribution is -0.145. The molecular weight excluding hydrogens is 246 g/mol. The molecule has 102 valence electrons. The van der Waals surface area contributed by atoms with E-state index >= 15 is 0 Å². The number of hydrogen-bond acceptors (Lipinski definition) is 5. The Kier molecular flexibility index (Phi) is 6.29. The fourth-order valence-electron chi connectivity index (χ4n) is 1.41. The van der Waals surface area contributed by atoms with E-state index in [-0.39, 0.29) is 25.2 Å². The molecule has 0 saturated heterocycles. The van der Waals surface area contributed by atoms with Crippen LogP contribution in [-0.4, -0.2) is 30.1 Å². The van der Waals surface area contributed by atoms with Crippen molar-refractivity contribution in [2.45, 2.75) is 20.3 Å². The molecule has 1 aromatic rings. The van der Waals surface area contributed by atoms with Crippen LogP contribution in [0.5, 0.6) is 0 Å². The first-order valence-electron chi connectivity index (χ1n) is 6.11. The number of hydrogen-bond donors (Lipinski definition) is 0. The van der Waals surface area contributed by atoms with Gasteiger partial charge in [-0.2, -0.15) is 0 Å². The molecule has 0 aliphatic carbocycles. The fraction of sp³-hybridized carbons (Fsp3) is 0.357. The normalized spacial score (nSPS) is 10.9. The Labute approximate surface area is 112 Å². The molecule has 0 aromatic carbocycles. The zero-order valence-electron chi connectivity index (χ0n) is 11.1. The first-order chi connectivity index (χ1) is 9.17. The second-order valence-electron chi connectivity index (χ2n) is 3.63. The van der Waals surface area contributed by atoms with Crippen molar-refractivity contribution in [1.82, 2.24) is 4.98 Å². The number of ether oxygens (including phenoxy) is 2. The number of aromatic nitrogens is 1. The van der Waals surface area contributed by atoms with E-state index in [2.05, 4.69) is 4.98 Å². The number of nitrogens with zero attached hydrogens (tertiary/aromatic N) is 1. The molecule has 0 fully saturated rings. The van der Waals surface area contributed by atoms with Gasteiger partial charge in [-0.3, -0.25) is 9.78 Å². The molecule has 0 atom stereocenters. The minimum atomic E-state index is -0.527. The molecule has 5 nitrogen and oxygen atoms in total. The Morgan fingerprint density at radius 3 is 2.53 bits per heavy atom. The van der Waals surface area contributed by atoms with E-state index in [1.54, 1.807) is 38.2 Å². The monoisotopic (exact) mass is 263 g/mol. The van der Waals surface area contributed by atoms with E-state index in [0.29, 0.717) is 5.69 Å². The lowest BCUT2D eigenvalue weighted by Crippen LogP contribution is -2.13. The van der Waals surface area contributed by atoms with E-state index < -0.39 is 11.9 Å². The van der Waals surface area contributed by atoms with Crippen LogP contribution in [0.2, 0.25) is 0 Å². The summed E-state index contributed by atoms with van der Waals surface area (Å²) in [5, 5.41) is 0. The number of rotatable bonds is 6. The topological polar surface area (TPSA) is 65.5 Å². The summed E-state index contributed by atoms with van der Waals surface area (Å²) in [7, 11) is 0. The van der Waals surface area contributed by atoms with E-state index in [1.165, 1.54) is 6.08 Å². The van der Waals surface area contributed by atoms with Crippen molar-refractivity contribution < 1.29 is 19.1 Å². The quantitative estimate of drug-likeness (QED) is 0.580. The molecule has 1 heterocycles. The summed E-state index contributed by atoms with van der Waals surface area (Å²) in [6.45, 7) is 3.95. The number of pyridine rings is 1. The number of carbonyl (C=O) groups is 2. The lowest BCUT2D eigenvalue weighted by atomic mass is 10.1. The summed E-state index contributed by atoms with van der Waals surface area (Å²) < 4.78 is 9.74. The summed E-state index contributed by atoms with van der Waals surface area (Å²) >= 11 is 0. The molecule has 5 heteroatoms. The fourth-order valence-corrected chi connectivity index (χ4v) is 1.41. The summed E-state index contributed by atoms with van der Waals surface area (Å²) in [5.41, 5.74) is 0.828. The first-order valence-corrected chi connectivity index (χ1v) is 6.11. The van der Waals surface area contributed by atoms with E-state index in [0.717, 1.165) is 0 Å². The second kappa shape index (κ2) is 8.02. The average Bonchev–Trinajstić information content (AvgIpc) is 2.40. The van der Waals surface area contributed by atoms with Gasteiger partial charge in [0, 0.05) is 6.20 Å². The molecule has 0 aliphatic heterocycles. The van der Waals surface area contributed by atoms with Crippen LogP contribution in [0.1, 0.15) is 26.0 Å². The molecule has 0 radical (unpaired) electrons. The predicted octanol–water partition coefficient (Wildman–Crippen LogP) is 1.98. The highest BCUT2D eigenvalue weighted by atomic mass is 16.5. The van der Waals surface area contributed by atoms with Crippen molar-refractivity contribution in [1.29, 1.82) is 0 Å². The Morgan fingerprint density at radius 1 is 1.21 bits per heavy atom. The Morgan fingerprint density at radius 2 is 1.95 bits per heavy atom. The maximum Gasteiger partial charge on any atom is 0.334 e. The van der Waals surface area contributed by atoms with E-state index in [9.17, 15) is 9.59 Å². The molecule has 1 aromatic heterocycles. The van der Waals surface area contributed by atoms with Crippen molar-refractivity contribution in [3.8, 4) is 0 Å². The molecule has 19 heavy (non-hydrogen) atoms. The number of esters is 2. The Hall–Kier alpha value is -2.17. The van der Waals surface area contributed by atoms with Crippen molar-refractivity contribution in [2.24, 2.45) is 0 Å². The molecule has 0 N–H and O–H groups in total. The maximum atomic E-state index is 11.8. The summed E-state index contributed by atoms with van der Waals surface area (Å²) in [6, 6.07) is 5.31. The van der Waals surface area contributed by atoms with Crippen LogP contribution >= 0.6 is 0 Å². The first kappa shape index (κ1) is 14.9. The van der Waals surface area contributed by atoms with Gasteiger partial charge in [0.05, 0.1) is 30.9 Å². The zero-order valence-corrected chi connectivity index (χ0v) is 11.1. The Balaban J connectivity index is 2.89. The molecule has 0 unspecified atom stereocenters. The summed E-state index contributed by atoms with van der Waals surface area (Å²) in [5.74, 6) is -0.987. The van der Waals surface area contributed by atoms with Crippen LogP contribution < -0.4 is 0 Å². The predicted molar refractivity (Wildman–Crippen MR) is 70.1 cm³/mol. The van der Waals surface area contributed by atoms with Gasteiger partial charge in [-0.05, 0) is 32.1 Å². The summed E-state index contributed by atoms with van der Waals surface area (Å²) in [4.78, 5) is 27.3. The minimum absolute atomic E-state index is 0.122. The highest BCUT2D eigenvalue weighted by Crippen LogP contribution is 2.11. The van der Waals surface area contributed by atoms with Crippen molar-refractivity contribution in [3.63, 3.8) is 0 Å². The van der Waals surface area contributed by atoms with E-state index in [4.69, 9.17) is 9.47 Å². The van der Waals surface area contributed by atoms with Crippen LogP contribution in [0.25, 0.3) is 6.08 Å². The van der Waals surface area contributed by atoms with Gasteiger partial charge in [0.25, 0.3) is 0 Å². The third-order valence-electron chi connectivity index (χ3n) is 2.19. The van der Waals surface area contributed by atoms with Gasteiger partial charge in [0.15, 0.2) is 0 Å². The van der Waals surface area contributed by atoms with Crippen LogP contribution in [0, 0.1) is 0 Å². The highest BCUT2D eigenvalue weighted by molar-refractivity contribution is 5.98. The third kappa shape index (κ3) is 5.33. The molecular formula is C14H17NO4. The summed E-state index contributed by atoms with van der Waals surface area (Å²) in [6.07, 6.45) is 3.02. The smallest absolute Gasteiger partial charge is 0.334 e. The Bertz CT molecular complexity index is 454. The van der Waals surface area contributed by atoms with Gasteiger partial charge >= 0.3 is 11.9 Å².